The summed E-state index contributed by atoms with van der Waals surface area (Å²) in [5.74, 6) is 0.337. The quantitative estimate of drug-likeness (QED) is 0.442. The number of benzene rings is 1. The molecule has 3 fully saturated rings. The maximum absolute atomic E-state index is 14.2. The summed E-state index contributed by atoms with van der Waals surface area (Å²) in [6.45, 7) is 4.67. The van der Waals surface area contributed by atoms with E-state index in [1.807, 2.05) is 41.3 Å². The van der Waals surface area contributed by atoms with Crippen LogP contribution in [-0.4, -0.2) is 67.0 Å². The summed E-state index contributed by atoms with van der Waals surface area (Å²) in [6.07, 6.45) is 6.96. The molecule has 8 heteroatoms. The van der Waals surface area contributed by atoms with Gasteiger partial charge in [-0.3, -0.25) is 9.59 Å². The average Bonchev–Trinajstić information content (AvgIpc) is 3.56. The number of esters is 1. The van der Waals surface area contributed by atoms with Gasteiger partial charge in [-0.1, -0.05) is 37.3 Å². The number of anilines is 1. The molecule has 0 N–H and O–H groups in total. The van der Waals surface area contributed by atoms with Gasteiger partial charge in [0, 0.05) is 29.8 Å². The highest BCUT2D eigenvalue weighted by Gasteiger charge is 2.37. The van der Waals surface area contributed by atoms with Crippen molar-refractivity contribution in [1.82, 2.24) is 9.80 Å². The van der Waals surface area contributed by atoms with Crippen LogP contribution in [-0.2, 0) is 14.3 Å². The molecule has 1 aromatic carbocycles. The van der Waals surface area contributed by atoms with E-state index in [2.05, 4.69) is 18.9 Å². The molecule has 3 heterocycles. The number of piperidine rings is 1. The maximum atomic E-state index is 14.2. The summed E-state index contributed by atoms with van der Waals surface area (Å²) in [7, 11) is 2.12. The van der Waals surface area contributed by atoms with Gasteiger partial charge in [0.1, 0.15) is 4.88 Å². The highest BCUT2D eigenvalue weighted by molar-refractivity contribution is 7.18. The molecular formula is C30H39N3O4S. The van der Waals surface area contributed by atoms with Crippen LogP contribution >= 0.6 is 11.3 Å². The first kappa shape index (κ1) is 26.9. The van der Waals surface area contributed by atoms with Gasteiger partial charge in [0.05, 0.1) is 5.69 Å². The molecule has 3 aliphatic rings. The standard InChI is InChI=1S/C30H39N3O4S/c1-21-10-12-23(13-11-21)29(35)33(24-14-17-31(2)18-15-24)25-19-26(22-7-4-3-5-8-22)38-28(25)30(36)37-20-32-16-6-9-27(32)34/h3-5,7-8,19,21,23-24H,6,9-18,20H2,1-2H3. The van der Waals surface area contributed by atoms with Crippen LogP contribution in [0.25, 0.3) is 10.4 Å². The molecule has 2 amide bonds. The third-order valence-corrected chi connectivity index (χ3v) is 9.55. The number of carbonyl (C=O) groups is 3. The second-order valence-electron chi connectivity index (χ2n) is 11.2. The van der Waals surface area contributed by atoms with Gasteiger partial charge >= 0.3 is 5.97 Å². The Labute approximate surface area is 229 Å². The Bertz CT molecular complexity index is 1130. The molecule has 1 saturated carbocycles. The Morgan fingerprint density at radius 3 is 2.39 bits per heavy atom. The number of thiophene rings is 1. The average molecular weight is 538 g/mol. The number of likely N-dealkylation sites (tertiary alicyclic amines) is 2. The second kappa shape index (κ2) is 12.0. The van der Waals surface area contributed by atoms with E-state index in [0.29, 0.717) is 29.4 Å². The predicted molar refractivity (Wildman–Crippen MR) is 150 cm³/mol. The van der Waals surface area contributed by atoms with Crippen molar-refractivity contribution < 1.29 is 19.1 Å². The molecule has 7 nitrogen and oxygen atoms in total. The maximum Gasteiger partial charge on any atom is 0.352 e. The smallest absolute Gasteiger partial charge is 0.352 e. The number of rotatable bonds is 7. The zero-order valence-corrected chi connectivity index (χ0v) is 23.4. The first-order chi connectivity index (χ1) is 18.4. The zero-order valence-electron chi connectivity index (χ0n) is 22.6. The van der Waals surface area contributed by atoms with Crippen molar-refractivity contribution in [3.8, 4) is 10.4 Å². The van der Waals surface area contributed by atoms with Crippen molar-refractivity contribution in [2.24, 2.45) is 11.8 Å². The lowest BCUT2D eigenvalue weighted by Crippen LogP contribution is -2.49. The number of hydrogen-bond acceptors (Lipinski definition) is 6. The summed E-state index contributed by atoms with van der Waals surface area (Å²) in [4.78, 5) is 47.1. The first-order valence-electron chi connectivity index (χ1n) is 14.1. The monoisotopic (exact) mass is 537 g/mol. The molecule has 0 spiro atoms. The van der Waals surface area contributed by atoms with Gasteiger partial charge in [-0.05, 0) is 82.6 Å². The molecule has 0 radical (unpaired) electrons. The van der Waals surface area contributed by atoms with Crippen molar-refractivity contribution in [2.45, 2.75) is 64.3 Å². The Hall–Kier alpha value is -2.71. The Balaban J connectivity index is 1.50. The molecule has 1 aliphatic carbocycles. The first-order valence-corrected chi connectivity index (χ1v) is 14.9. The highest BCUT2D eigenvalue weighted by Crippen LogP contribution is 2.41. The van der Waals surface area contributed by atoms with Gasteiger partial charge < -0.3 is 19.4 Å². The van der Waals surface area contributed by atoms with Crippen molar-refractivity contribution in [3.63, 3.8) is 0 Å². The van der Waals surface area contributed by atoms with E-state index in [4.69, 9.17) is 4.74 Å². The summed E-state index contributed by atoms with van der Waals surface area (Å²) in [5, 5.41) is 0. The molecule has 2 aromatic rings. The molecule has 204 valence electrons. The van der Waals surface area contributed by atoms with Crippen LogP contribution in [0.2, 0.25) is 0 Å². The van der Waals surface area contributed by atoms with Crippen molar-refractivity contribution in [1.29, 1.82) is 0 Å². The minimum absolute atomic E-state index is 0.0166. The van der Waals surface area contributed by atoms with E-state index in [1.54, 1.807) is 4.90 Å². The topological polar surface area (TPSA) is 70.2 Å². The molecule has 2 saturated heterocycles. The van der Waals surface area contributed by atoms with Crippen molar-refractivity contribution in [2.75, 3.05) is 38.3 Å². The third-order valence-electron chi connectivity index (χ3n) is 8.39. The van der Waals surface area contributed by atoms with E-state index < -0.39 is 5.97 Å². The van der Waals surface area contributed by atoms with Crippen LogP contribution in [0.5, 0.6) is 0 Å². The van der Waals surface area contributed by atoms with Crippen LogP contribution in [0.3, 0.4) is 0 Å². The van der Waals surface area contributed by atoms with E-state index in [-0.39, 0.29) is 30.5 Å². The van der Waals surface area contributed by atoms with E-state index in [9.17, 15) is 14.4 Å². The normalized spacial score (nSPS) is 23.0. The van der Waals surface area contributed by atoms with Crippen molar-refractivity contribution in [3.05, 3.63) is 41.3 Å². The fourth-order valence-electron chi connectivity index (χ4n) is 5.95. The van der Waals surface area contributed by atoms with Crippen LogP contribution < -0.4 is 4.90 Å². The molecular weight excluding hydrogens is 498 g/mol. The molecule has 0 unspecified atom stereocenters. The fourth-order valence-corrected chi connectivity index (χ4v) is 6.99. The molecule has 1 aromatic heterocycles. The number of amides is 2. The lowest BCUT2D eigenvalue weighted by molar-refractivity contribution is -0.130. The Morgan fingerprint density at radius 1 is 1.03 bits per heavy atom. The number of hydrogen-bond donors (Lipinski definition) is 0. The van der Waals surface area contributed by atoms with Gasteiger partial charge in [-0.2, -0.15) is 0 Å². The van der Waals surface area contributed by atoms with Gasteiger partial charge in [0.2, 0.25) is 11.8 Å². The molecule has 0 atom stereocenters. The van der Waals surface area contributed by atoms with Gasteiger partial charge in [0.15, 0.2) is 6.73 Å². The Kier molecular flexibility index (Phi) is 8.48. The van der Waals surface area contributed by atoms with E-state index >= 15 is 0 Å². The summed E-state index contributed by atoms with van der Waals surface area (Å²) >= 11 is 1.38. The zero-order chi connectivity index (χ0) is 26.6. The minimum Gasteiger partial charge on any atom is -0.440 e. The van der Waals surface area contributed by atoms with E-state index in [0.717, 1.165) is 68.5 Å². The van der Waals surface area contributed by atoms with E-state index in [1.165, 1.54) is 11.3 Å². The molecule has 2 aliphatic heterocycles. The van der Waals surface area contributed by atoms with Crippen LogP contribution in [0.1, 0.15) is 68.0 Å². The number of nitrogens with zero attached hydrogens (tertiary/aromatic N) is 3. The largest absolute Gasteiger partial charge is 0.440 e. The van der Waals surface area contributed by atoms with Crippen LogP contribution in [0.4, 0.5) is 5.69 Å². The SMILES string of the molecule is CC1CCC(C(=O)N(c2cc(-c3ccccc3)sc2C(=O)OCN2CCCC2=O)C2CCN(C)CC2)CC1. The second-order valence-corrected chi connectivity index (χ2v) is 12.3. The minimum atomic E-state index is -0.463. The van der Waals surface area contributed by atoms with Gasteiger partial charge in [-0.25, -0.2) is 4.79 Å². The van der Waals surface area contributed by atoms with Gasteiger partial charge in [0.25, 0.3) is 0 Å². The lowest BCUT2D eigenvalue weighted by atomic mass is 9.82. The third kappa shape index (κ3) is 5.96. The lowest BCUT2D eigenvalue weighted by Gasteiger charge is -2.40. The predicted octanol–water partition coefficient (Wildman–Crippen LogP) is 5.41. The Morgan fingerprint density at radius 2 is 1.74 bits per heavy atom. The highest BCUT2D eigenvalue weighted by atomic mass is 32.1. The fraction of sp³-hybridized carbons (Fsp3) is 0.567. The van der Waals surface area contributed by atoms with Gasteiger partial charge in [-0.15, -0.1) is 11.3 Å². The molecule has 5 rings (SSSR count). The van der Waals surface area contributed by atoms with Crippen LogP contribution in [0.15, 0.2) is 36.4 Å². The number of carbonyl (C=O) groups excluding carboxylic acids is 3. The molecule has 0 bridgehead atoms. The molecule has 38 heavy (non-hydrogen) atoms. The summed E-state index contributed by atoms with van der Waals surface area (Å²) < 4.78 is 5.70. The van der Waals surface area contributed by atoms with Crippen LogP contribution in [0, 0.1) is 11.8 Å². The van der Waals surface area contributed by atoms with Crippen molar-refractivity contribution >= 4 is 34.8 Å². The number of ether oxygens (including phenoxy) is 1. The summed E-state index contributed by atoms with van der Waals surface area (Å²) in [6, 6.07) is 12.0. The summed E-state index contributed by atoms with van der Waals surface area (Å²) in [5.41, 5.74) is 1.68.